The molecule has 0 bridgehead atoms. The Morgan fingerprint density at radius 2 is 1.62 bits per heavy atom. The van der Waals surface area contributed by atoms with Crippen molar-refractivity contribution >= 4 is 6.08 Å². The van der Waals surface area contributed by atoms with Crippen molar-refractivity contribution in [3.05, 3.63) is 41.5 Å². The van der Waals surface area contributed by atoms with Gasteiger partial charge in [-0.2, -0.15) is 0 Å². The lowest BCUT2D eigenvalue weighted by molar-refractivity contribution is 0.836. The molecule has 16 heavy (non-hydrogen) atoms. The fourth-order valence-corrected chi connectivity index (χ4v) is 1.33. The van der Waals surface area contributed by atoms with Crippen LogP contribution in [0.25, 0.3) is 6.08 Å². The summed E-state index contributed by atoms with van der Waals surface area (Å²) in [6.45, 7) is 12.8. The van der Waals surface area contributed by atoms with Gasteiger partial charge < -0.3 is 0 Å². The molecule has 0 heteroatoms. The molecule has 0 aliphatic carbocycles. The van der Waals surface area contributed by atoms with E-state index in [4.69, 9.17) is 0 Å². The first-order valence-corrected chi connectivity index (χ1v) is 6.37. The van der Waals surface area contributed by atoms with E-state index in [1.54, 1.807) is 0 Å². The van der Waals surface area contributed by atoms with Gasteiger partial charge in [0, 0.05) is 0 Å². The van der Waals surface area contributed by atoms with Gasteiger partial charge in [0.25, 0.3) is 0 Å². The van der Waals surface area contributed by atoms with Gasteiger partial charge in [-0.05, 0) is 23.0 Å². The summed E-state index contributed by atoms with van der Waals surface area (Å²) in [6.07, 6.45) is 4.44. The summed E-state index contributed by atoms with van der Waals surface area (Å²) in [6, 6.07) is 8.75. The van der Waals surface area contributed by atoms with E-state index in [9.17, 15) is 0 Å². The molecule has 90 valence electrons. The molecule has 0 atom stereocenters. The van der Waals surface area contributed by atoms with Crippen LogP contribution in [0.3, 0.4) is 0 Å². The molecule has 0 aliphatic rings. The standard InChI is InChI=1S/C14H20.C2H6/c1-11(2)8-9-13-6-5-7-14(10-13)12(3)4;1-2/h5-12H,1-4H3;1-2H3/b9-8+;. The molecule has 0 radical (unpaired) electrons. The minimum atomic E-state index is 0.613. The van der Waals surface area contributed by atoms with Gasteiger partial charge >= 0.3 is 0 Å². The predicted molar refractivity (Wildman–Crippen MR) is 75.8 cm³/mol. The van der Waals surface area contributed by atoms with Crippen molar-refractivity contribution < 1.29 is 0 Å². The first-order chi connectivity index (χ1) is 7.59. The second-order valence-corrected chi connectivity index (χ2v) is 4.43. The van der Waals surface area contributed by atoms with Gasteiger partial charge in [0.1, 0.15) is 0 Å². The zero-order valence-corrected chi connectivity index (χ0v) is 11.6. The highest BCUT2D eigenvalue weighted by molar-refractivity contribution is 5.50. The minimum absolute atomic E-state index is 0.613. The second-order valence-electron chi connectivity index (χ2n) is 4.43. The zero-order chi connectivity index (χ0) is 12.6. The third-order valence-electron chi connectivity index (χ3n) is 2.25. The maximum atomic E-state index is 2.27. The van der Waals surface area contributed by atoms with E-state index in [0.717, 1.165) is 0 Å². The predicted octanol–water partition coefficient (Wildman–Crippen LogP) is 5.51. The third kappa shape index (κ3) is 5.75. The van der Waals surface area contributed by atoms with Crippen molar-refractivity contribution in [3.8, 4) is 0 Å². The second kappa shape index (κ2) is 8.15. The number of rotatable bonds is 3. The lowest BCUT2D eigenvalue weighted by Gasteiger charge is -2.05. The fourth-order valence-electron chi connectivity index (χ4n) is 1.33. The summed E-state index contributed by atoms with van der Waals surface area (Å²) in [4.78, 5) is 0. The molecule has 0 heterocycles. The summed E-state index contributed by atoms with van der Waals surface area (Å²) in [5, 5.41) is 0. The van der Waals surface area contributed by atoms with Crippen LogP contribution < -0.4 is 0 Å². The van der Waals surface area contributed by atoms with E-state index in [1.165, 1.54) is 11.1 Å². The quantitative estimate of drug-likeness (QED) is 0.628. The van der Waals surface area contributed by atoms with E-state index < -0.39 is 0 Å². The van der Waals surface area contributed by atoms with E-state index in [1.807, 2.05) is 13.8 Å². The molecule has 0 fully saturated rings. The molecule has 0 N–H and O–H groups in total. The average Bonchev–Trinajstić information content (AvgIpc) is 2.29. The highest BCUT2D eigenvalue weighted by atomic mass is 14.0. The van der Waals surface area contributed by atoms with E-state index in [2.05, 4.69) is 64.1 Å². The van der Waals surface area contributed by atoms with Gasteiger partial charge in [-0.15, -0.1) is 0 Å². The highest BCUT2D eigenvalue weighted by Crippen LogP contribution is 2.16. The maximum Gasteiger partial charge on any atom is -0.0219 e. The Balaban J connectivity index is 0.00000106. The number of allylic oxidation sites excluding steroid dienone is 1. The van der Waals surface area contributed by atoms with Gasteiger partial charge in [0.05, 0.1) is 0 Å². The lowest BCUT2D eigenvalue weighted by atomic mass is 10.0. The van der Waals surface area contributed by atoms with Crippen LogP contribution in [0.4, 0.5) is 0 Å². The van der Waals surface area contributed by atoms with E-state index in [-0.39, 0.29) is 0 Å². The van der Waals surface area contributed by atoms with Crippen LogP contribution in [0, 0.1) is 5.92 Å². The van der Waals surface area contributed by atoms with Crippen LogP contribution in [0.5, 0.6) is 0 Å². The van der Waals surface area contributed by atoms with Crippen molar-refractivity contribution in [2.45, 2.75) is 47.5 Å². The monoisotopic (exact) mass is 218 g/mol. The average molecular weight is 218 g/mol. The van der Waals surface area contributed by atoms with Crippen LogP contribution >= 0.6 is 0 Å². The summed E-state index contributed by atoms with van der Waals surface area (Å²) in [5.41, 5.74) is 2.72. The highest BCUT2D eigenvalue weighted by Gasteiger charge is 1.98. The molecule has 1 aromatic carbocycles. The fraction of sp³-hybridized carbons (Fsp3) is 0.500. The Hall–Kier alpha value is -1.04. The third-order valence-corrected chi connectivity index (χ3v) is 2.25. The molecule has 1 rings (SSSR count). The Kier molecular flexibility index (Phi) is 7.62. The van der Waals surface area contributed by atoms with Crippen LogP contribution in [-0.4, -0.2) is 0 Å². The number of hydrogen-bond acceptors (Lipinski definition) is 0. The summed E-state index contributed by atoms with van der Waals surface area (Å²) >= 11 is 0. The summed E-state index contributed by atoms with van der Waals surface area (Å²) in [5.74, 6) is 1.24. The summed E-state index contributed by atoms with van der Waals surface area (Å²) < 4.78 is 0. The van der Waals surface area contributed by atoms with Gasteiger partial charge in [0.2, 0.25) is 0 Å². The van der Waals surface area contributed by atoms with Crippen molar-refractivity contribution in [2.75, 3.05) is 0 Å². The molecule has 1 aromatic rings. The molecular weight excluding hydrogens is 192 g/mol. The first kappa shape index (κ1) is 15.0. The van der Waals surface area contributed by atoms with Crippen molar-refractivity contribution in [3.63, 3.8) is 0 Å². The normalized spacial score (nSPS) is 10.8. The smallest absolute Gasteiger partial charge is 0.0219 e. The van der Waals surface area contributed by atoms with E-state index in [0.29, 0.717) is 11.8 Å². The van der Waals surface area contributed by atoms with Crippen molar-refractivity contribution in [1.29, 1.82) is 0 Å². The molecular formula is C16H26. The van der Waals surface area contributed by atoms with Crippen LogP contribution in [-0.2, 0) is 0 Å². The molecule has 0 aliphatic heterocycles. The molecule has 0 aromatic heterocycles. The lowest BCUT2D eigenvalue weighted by Crippen LogP contribution is -1.87. The number of benzene rings is 1. The Labute approximate surface area is 101 Å². The molecule has 0 saturated heterocycles. The zero-order valence-electron chi connectivity index (χ0n) is 11.6. The molecule has 0 spiro atoms. The SMILES string of the molecule is CC.CC(C)/C=C/c1cccc(C(C)C)c1. The Bertz CT molecular complexity index is 306. The topological polar surface area (TPSA) is 0 Å². The van der Waals surface area contributed by atoms with Crippen LogP contribution in [0.15, 0.2) is 30.3 Å². The van der Waals surface area contributed by atoms with Gasteiger partial charge in [0.15, 0.2) is 0 Å². The van der Waals surface area contributed by atoms with Gasteiger partial charge in [-0.25, -0.2) is 0 Å². The Morgan fingerprint density at radius 3 is 2.12 bits per heavy atom. The van der Waals surface area contributed by atoms with Crippen molar-refractivity contribution in [2.24, 2.45) is 5.92 Å². The molecule has 0 nitrogen and oxygen atoms in total. The summed E-state index contributed by atoms with van der Waals surface area (Å²) in [7, 11) is 0. The van der Waals surface area contributed by atoms with Gasteiger partial charge in [-0.1, -0.05) is 78.0 Å². The van der Waals surface area contributed by atoms with Gasteiger partial charge in [-0.3, -0.25) is 0 Å². The number of hydrogen-bond donors (Lipinski definition) is 0. The van der Waals surface area contributed by atoms with E-state index >= 15 is 0 Å². The Morgan fingerprint density at radius 1 is 1.00 bits per heavy atom. The molecule has 0 amide bonds. The molecule has 0 saturated carbocycles. The van der Waals surface area contributed by atoms with Crippen LogP contribution in [0.2, 0.25) is 0 Å². The maximum absolute atomic E-state index is 2.27. The largest absolute Gasteiger partial charge is 0.0814 e. The first-order valence-electron chi connectivity index (χ1n) is 6.37. The minimum Gasteiger partial charge on any atom is -0.0814 e. The molecule has 0 unspecified atom stereocenters. The van der Waals surface area contributed by atoms with Crippen molar-refractivity contribution in [1.82, 2.24) is 0 Å². The van der Waals surface area contributed by atoms with Crippen LogP contribution in [0.1, 0.15) is 58.6 Å².